The Kier molecular flexibility index (Phi) is 5.24. The molecule has 0 saturated carbocycles. The highest BCUT2D eigenvalue weighted by atomic mass is 16.6. The fourth-order valence-electron chi connectivity index (χ4n) is 1.67. The number of nitro groups is 1. The normalized spacial score (nSPS) is 11.9. The van der Waals surface area contributed by atoms with Gasteiger partial charge in [-0.1, -0.05) is 13.8 Å². The van der Waals surface area contributed by atoms with Gasteiger partial charge in [-0.2, -0.15) is 5.26 Å². The number of hydrogen-bond acceptors (Lipinski definition) is 5. The van der Waals surface area contributed by atoms with Crippen LogP contribution in [0.2, 0.25) is 0 Å². The van der Waals surface area contributed by atoms with E-state index in [1.165, 1.54) is 12.1 Å². The highest BCUT2D eigenvalue weighted by molar-refractivity contribution is 5.50. The molecule has 1 heterocycles. The monoisotopic (exact) mass is 262 g/mol. The van der Waals surface area contributed by atoms with Gasteiger partial charge in [0, 0.05) is 12.1 Å². The topological polar surface area (TPSA) is 91.9 Å². The van der Waals surface area contributed by atoms with Gasteiger partial charge >= 0.3 is 5.69 Å². The standard InChI is InChI=1S/C13H18N4O2/c1-9(2)4-5-10(3)15-13-7-6-12(17(18)19)11(8-14)16-13/h6-7,9-10H,4-5H2,1-3H3,(H,15,16). The summed E-state index contributed by atoms with van der Waals surface area (Å²) >= 11 is 0. The van der Waals surface area contributed by atoms with Gasteiger partial charge in [-0.05, 0) is 31.7 Å². The van der Waals surface area contributed by atoms with Crippen molar-refractivity contribution in [1.29, 1.82) is 5.26 Å². The van der Waals surface area contributed by atoms with Crippen molar-refractivity contribution in [2.45, 2.75) is 39.7 Å². The van der Waals surface area contributed by atoms with Gasteiger partial charge in [0.1, 0.15) is 11.9 Å². The molecule has 1 rings (SSSR count). The van der Waals surface area contributed by atoms with E-state index in [9.17, 15) is 10.1 Å². The Balaban J connectivity index is 2.75. The Morgan fingerprint density at radius 2 is 2.11 bits per heavy atom. The predicted molar refractivity (Wildman–Crippen MR) is 72.8 cm³/mol. The van der Waals surface area contributed by atoms with E-state index in [-0.39, 0.29) is 17.4 Å². The maximum Gasteiger partial charge on any atom is 0.305 e. The molecule has 19 heavy (non-hydrogen) atoms. The molecule has 0 aromatic carbocycles. The summed E-state index contributed by atoms with van der Waals surface area (Å²) in [6.45, 7) is 6.34. The molecule has 1 atom stereocenters. The molecular formula is C13H18N4O2. The Morgan fingerprint density at radius 1 is 1.42 bits per heavy atom. The van der Waals surface area contributed by atoms with Crippen LogP contribution in [0.15, 0.2) is 12.1 Å². The van der Waals surface area contributed by atoms with Crippen molar-refractivity contribution < 1.29 is 4.92 Å². The van der Waals surface area contributed by atoms with E-state index in [1.807, 2.05) is 6.92 Å². The van der Waals surface area contributed by atoms with Crippen LogP contribution >= 0.6 is 0 Å². The minimum absolute atomic E-state index is 0.161. The molecule has 0 spiro atoms. The van der Waals surface area contributed by atoms with Crippen LogP contribution in [0.5, 0.6) is 0 Å². The van der Waals surface area contributed by atoms with Gasteiger partial charge in [-0.25, -0.2) is 4.98 Å². The number of rotatable bonds is 6. The molecule has 0 saturated heterocycles. The minimum Gasteiger partial charge on any atom is -0.368 e. The summed E-state index contributed by atoms with van der Waals surface area (Å²) in [4.78, 5) is 14.1. The average Bonchev–Trinajstić information content (AvgIpc) is 2.35. The SMILES string of the molecule is CC(C)CCC(C)Nc1ccc([N+](=O)[O-])c(C#N)n1. The van der Waals surface area contributed by atoms with Crippen molar-refractivity contribution in [3.8, 4) is 6.07 Å². The fourth-order valence-corrected chi connectivity index (χ4v) is 1.67. The average molecular weight is 262 g/mol. The number of nitriles is 1. The number of anilines is 1. The fraction of sp³-hybridized carbons (Fsp3) is 0.538. The molecule has 0 fully saturated rings. The van der Waals surface area contributed by atoms with E-state index in [0.29, 0.717) is 11.7 Å². The minimum atomic E-state index is -0.600. The van der Waals surface area contributed by atoms with Crippen LogP contribution in [-0.4, -0.2) is 15.9 Å². The van der Waals surface area contributed by atoms with Gasteiger partial charge < -0.3 is 5.32 Å². The van der Waals surface area contributed by atoms with Crippen LogP contribution < -0.4 is 5.32 Å². The first-order chi connectivity index (χ1) is 8.93. The zero-order valence-electron chi connectivity index (χ0n) is 11.4. The zero-order valence-corrected chi connectivity index (χ0v) is 11.4. The number of nitrogens with one attached hydrogen (secondary N) is 1. The second kappa shape index (κ2) is 6.69. The molecule has 6 nitrogen and oxygen atoms in total. The second-order valence-corrected chi connectivity index (χ2v) is 4.95. The lowest BCUT2D eigenvalue weighted by Gasteiger charge is -2.15. The predicted octanol–water partition coefficient (Wildman–Crippen LogP) is 3.10. The van der Waals surface area contributed by atoms with Gasteiger partial charge in [-0.15, -0.1) is 0 Å². The molecule has 0 radical (unpaired) electrons. The van der Waals surface area contributed by atoms with Crippen LogP contribution in [0.25, 0.3) is 0 Å². The van der Waals surface area contributed by atoms with Crippen LogP contribution in [0, 0.1) is 27.4 Å². The molecule has 0 aliphatic carbocycles. The molecule has 6 heteroatoms. The zero-order chi connectivity index (χ0) is 14.4. The van der Waals surface area contributed by atoms with Crippen molar-refractivity contribution in [2.75, 3.05) is 5.32 Å². The van der Waals surface area contributed by atoms with Crippen LogP contribution in [0.4, 0.5) is 11.5 Å². The molecule has 1 aromatic heterocycles. The number of nitrogens with zero attached hydrogens (tertiary/aromatic N) is 3. The van der Waals surface area contributed by atoms with E-state index in [1.54, 1.807) is 6.07 Å². The van der Waals surface area contributed by atoms with E-state index in [4.69, 9.17) is 5.26 Å². The third-order valence-electron chi connectivity index (χ3n) is 2.75. The maximum atomic E-state index is 10.7. The second-order valence-electron chi connectivity index (χ2n) is 4.95. The summed E-state index contributed by atoms with van der Waals surface area (Å²) in [5.41, 5.74) is -0.422. The van der Waals surface area contributed by atoms with Crippen LogP contribution in [0.3, 0.4) is 0 Å². The lowest BCUT2D eigenvalue weighted by Crippen LogP contribution is -2.17. The van der Waals surface area contributed by atoms with Crippen molar-refractivity contribution >= 4 is 11.5 Å². The maximum absolute atomic E-state index is 10.7. The van der Waals surface area contributed by atoms with E-state index < -0.39 is 4.92 Å². The molecule has 1 N–H and O–H groups in total. The molecule has 0 bridgehead atoms. The Morgan fingerprint density at radius 3 is 2.63 bits per heavy atom. The number of pyridine rings is 1. The van der Waals surface area contributed by atoms with Gasteiger partial charge in [0.15, 0.2) is 0 Å². The number of hydrogen-bond donors (Lipinski definition) is 1. The third-order valence-corrected chi connectivity index (χ3v) is 2.75. The summed E-state index contributed by atoms with van der Waals surface area (Å²) < 4.78 is 0. The largest absolute Gasteiger partial charge is 0.368 e. The quantitative estimate of drug-likeness (QED) is 0.628. The summed E-state index contributed by atoms with van der Waals surface area (Å²) in [7, 11) is 0. The van der Waals surface area contributed by atoms with Gasteiger partial charge in [0.05, 0.1) is 4.92 Å². The van der Waals surface area contributed by atoms with Crippen molar-refractivity contribution in [1.82, 2.24) is 4.98 Å². The smallest absolute Gasteiger partial charge is 0.305 e. The molecule has 0 aliphatic rings. The highest BCUT2D eigenvalue weighted by Gasteiger charge is 2.16. The third kappa shape index (κ3) is 4.54. The molecule has 0 aliphatic heterocycles. The highest BCUT2D eigenvalue weighted by Crippen LogP contribution is 2.19. The summed E-state index contributed by atoms with van der Waals surface area (Å²) in [6.07, 6.45) is 2.07. The lowest BCUT2D eigenvalue weighted by atomic mass is 10.0. The van der Waals surface area contributed by atoms with Crippen molar-refractivity contribution in [2.24, 2.45) is 5.92 Å². The first-order valence-electron chi connectivity index (χ1n) is 6.26. The molecule has 102 valence electrons. The molecular weight excluding hydrogens is 244 g/mol. The van der Waals surface area contributed by atoms with Gasteiger partial charge in [0.2, 0.25) is 5.69 Å². The van der Waals surface area contributed by atoms with Crippen LogP contribution in [0.1, 0.15) is 39.3 Å². The molecule has 0 amide bonds. The Labute approximate surface area is 112 Å². The summed E-state index contributed by atoms with van der Waals surface area (Å²) in [5.74, 6) is 1.13. The Bertz CT molecular complexity index is 494. The lowest BCUT2D eigenvalue weighted by molar-refractivity contribution is -0.385. The van der Waals surface area contributed by atoms with Gasteiger partial charge in [0.25, 0.3) is 0 Å². The molecule has 1 unspecified atom stereocenters. The molecule has 1 aromatic rings. The first kappa shape index (κ1) is 14.9. The summed E-state index contributed by atoms with van der Waals surface area (Å²) in [5, 5.41) is 22.7. The Hall–Kier alpha value is -2.16. The van der Waals surface area contributed by atoms with E-state index in [0.717, 1.165) is 12.8 Å². The first-order valence-corrected chi connectivity index (χ1v) is 6.26. The van der Waals surface area contributed by atoms with Crippen LogP contribution in [-0.2, 0) is 0 Å². The van der Waals surface area contributed by atoms with Gasteiger partial charge in [-0.3, -0.25) is 10.1 Å². The van der Waals surface area contributed by atoms with Crippen molar-refractivity contribution in [3.63, 3.8) is 0 Å². The van der Waals surface area contributed by atoms with E-state index >= 15 is 0 Å². The number of aromatic nitrogens is 1. The summed E-state index contributed by atoms with van der Waals surface area (Å²) in [6, 6.07) is 4.80. The van der Waals surface area contributed by atoms with Crippen molar-refractivity contribution in [3.05, 3.63) is 27.9 Å². The van der Waals surface area contributed by atoms with E-state index in [2.05, 4.69) is 24.1 Å².